The summed E-state index contributed by atoms with van der Waals surface area (Å²) in [5.41, 5.74) is 0. The van der Waals surface area contributed by atoms with E-state index in [1.54, 1.807) is 11.8 Å². The number of amides is 2. The Morgan fingerprint density at radius 3 is 2.75 bits per heavy atom. The van der Waals surface area contributed by atoms with E-state index in [-0.39, 0.29) is 12.1 Å². The maximum absolute atomic E-state index is 12.2. The minimum absolute atomic E-state index is 0.0771. The van der Waals surface area contributed by atoms with Crippen LogP contribution in [0.4, 0.5) is 4.79 Å². The van der Waals surface area contributed by atoms with E-state index in [1.165, 1.54) is 4.90 Å². The number of carbonyl (C=O) groups excluding carboxylic acids is 1. The summed E-state index contributed by atoms with van der Waals surface area (Å²) in [7, 11) is 0. The molecule has 0 saturated carbocycles. The number of urea groups is 1. The number of rotatable bonds is 6. The topological polar surface area (TPSA) is 69.6 Å². The number of piperidine rings is 1. The van der Waals surface area contributed by atoms with Crippen LogP contribution in [0.2, 0.25) is 0 Å². The highest BCUT2D eigenvalue weighted by molar-refractivity contribution is 7.98. The van der Waals surface area contributed by atoms with Crippen molar-refractivity contribution in [3.05, 3.63) is 0 Å². The maximum atomic E-state index is 12.2. The predicted octanol–water partition coefficient (Wildman–Crippen LogP) is 2.41. The smallest absolute Gasteiger partial charge is 0.326 e. The SMILES string of the molecule is CCC1CCN(C(=O)NC(C)CCSC)C(C(=O)O)C1. The first-order valence-electron chi connectivity index (χ1n) is 7.28. The summed E-state index contributed by atoms with van der Waals surface area (Å²) in [5, 5.41) is 12.2. The molecule has 1 rings (SSSR count). The normalized spacial score (nSPS) is 24.2. The Labute approximate surface area is 125 Å². The first-order chi connectivity index (χ1) is 9.49. The van der Waals surface area contributed by atoms with E-state index in [2.05, 4.69) is 12.2 Å². The third kappa shape index (κ3) is 4.89. The van der Waals surface area contributed by atoms with Gasteiger partial charge in [-0.05, 0) is 44.1 Å². The van der Waals surface area contributed by atoms with Crippen molar-refractivity contribution in [1.29, 1.82) is 0 Å². The summed E-state index contributed by atoms with van der Waals surface area (Å²) >= 11 is 1.74. The van der Waals surface area contributed by atoms with Gasteiger partial charge in [-0.15, -0.1) is 0 Å². The second-order valence-corrected chi connectivity index (χ2v) is 6.46. The zero-order valence-electron chi connectivity index (χ0n) is 12.6. The Morgan fingerprint density at radius 2 is 2.20 bits per heavy atom. The maximum Gasteiger partial charge on any atom is 0.326 e. The van der Waals surface area contributed by atoms with Crippen LogP contribution in [0.1, 0.15) is 39.5 Å². The molecule has 20 heavy (non-hydrogen) atoms. The van der Waals surface area contributed by atoms with Gasteiger partial charge in [-0.2, -0.15) is 11.8 Å². The first-order valence-corrected chi connectivity index (χ1v) is 8.67. The molecule has 5 nitrogen and oxygen atoms in total. The molecule has 1 saturated heterocycles. The highest BCUT2D eigenvalue weighted by atomic mass is 32.2. The van der Waals surface area contributed by atoms with E-state index in [1.807, 2.05) is 13.2 Å². The van der Waals surface area contributed by atoms with Crippen molar-refractivity contribution < 1.29 is 14.7 Å². The Morgan fingerprint density at radius 1 is 1.50 bits per heavy atom. The van der Waals surface area contributed by atoms with Gasteiger partial charge in [0.15, 0.2) is 0 Å². The van der Waals surface area contributed by atoms with E-state index in [0.717, 1.165) is 25.0 Å². The molecule has 1 heterocycles. The zero-order chi connectivity index (χ0) is 15.1. The molecule has 6 heteroatoms. The molecule has 1 fully saturated rings. The molecular weight excluding hydrogens is 276 g/mol. The molecule has 0 radical (unpaired) electrons. The third-order valence-corrected chi connectivity index (χ3v) is 4.60. The van der Waals surface area contributed by atoms with Crippen molar-refractivity contribution in [2.24, 2.45) is 5.92 Å². The van der Waals surface area contributed by atoms with Gasteiger partial charge in [0.2, 0.25) is 0 Å². The van der Waals surface area contributed by atoms with Crippen LogP contribution in [0, 0.1) is 5.92 Å². The van der Waals surface area contributed by atoms with Gasteiger partial charge in [-0.1, -0.05) is 13.3 Å². The second-order valence-electron chi connectivity index (χ2n) is 5.48. The molecule has 3 atom stereocenters. The van der Waals surface area contributed by atoms with Crippen LogP contribution in [0.15, 0.2) is 0 Å². The molecule has 0 aliphatic carbocycles. The lowest BCUT2D eigenvalue weighted by atomic mass is 9.89. The number of hydrogen-bond acceptors (Lipinski definition) is 3. The van der Waals surface area contributed by atoms with Crippen molar-refractivity contribution in [2.75, 3.05) is 18.6 Å². The van der Waals surface area contributed by atoms with Gasteiger partial charge in [0, 0.05) is 12.6 Å². The van der Waals surface area contributed by atoms with Crippen molar-refractivity contribution in [3.8, 4) is 0 Å². The summed E-state index contributed by atoms with van der Waals surface area (Å²) in [5.74, 6) is 0.506. The van der Waals surface area contributed by atoms with Crippen molar-refractivity contribution in [3.63, 3.8) is 0 Å². The predicted molar refractivity (Wildman–Crippen MR) is 82.1 cm³/mol. The lowest BCUT2D eigenvalue weighted by Crippen LogP contribution is -2.54. The lowest BCUT2D eigenvalue weighted by molar-refractivity contribution is -0.144. The van der Waals surface area contributed by atoms with Crippen molar-refractivity contribution in [1.82, 2.24) is 10.2 Å². The number of thioether (sulfide) groups is 1. The molecule has 3 unspecified atom stereocenters. The molecule has 2 N–H and O–H groups in total. The van der Waals surface area contributed by atoms with Gasteiger partial charge >= 0.3 is 12.0 Å². The van der Waals surface area contributed by atoms with Crippen molar-refractivity contribution in [2.45, 2.75) is 51.6 Å². The average Bonchev–Trinajstić information content (AvgIpc) is 2.44. The lowest BCUT2D eigenvalue weighted by Gasteiger charge is -2.37. The number of likely N-dealkylation sites (tertiary alicyclic amines) is 1. The molecule has 0 aromatic rings. The summed E-state index contributed by atoms with van der Waals surface area (Å²) in [6.07, 6.45) is 5.37. The van der Waals surface area contributed by atoms with Gasteiger partial charge in [0.25, 0.3) is 0 Å². The monoisotopic (exact) mass is 302 g/mol. The number of nitrogens with one attached hydrogen (secondary N) is 1. The third-order valence-electron chi connectivity index (χ3n) is 3.96. The minimum atomic E-state index is -0.893. The van der Waals surface area contributed by atoms with Crippen LogP contribution in [0.5, 0.6) is 0 Å². The second kappa shape index (κ2) is 8.39. The number of carboxylic acids is 1. The van der Waals surface area contributed by atoms with Crippen LogP contribution < -0.4 is 5.32 Å². The number of carbonyl (C=O) groups is 2. The number of carboxylic acid groups (broad SMARTS) is 1. The van der Waals surface area contributed by atoms with E-state index in [4.69, 9.17) is 0 Å². The average molecular weight is 302 g/mol. The van der Waals surface area contributed by atoms with Crippen LogP contribution in [-0.2, 0) is 4.79 Å². The highest BCUT2D eigenvalue weighted by Gasteiger charge is 2.35. The number of hydrogen-bond donors (Lipinski definition) is 2. The molecule has 2 amide bonds. The molecule has 0 spiro atoms. The highest BCUT2D eigenvalue weighted by Crippen LogP contribution is 2.25. The minimum Gasteiger partial charge on any atom is -0.480 e. The Kier molecular flexibility index (Phi) is 7.19. The van der Waals surface area contributed by atoms with Gasteiger partial charge in [0.05, 0.1) is 0 Å². The van der Waals surface area contributed by atoms with Crippen molar-refractivity contribution >= 4 is 23.8 Å². The van der Waals surface area contributed by atoms with Crippen LogP contribution in [-0.4, -0.2) is 52.6 Å². The quantitative estimate of drug-likeness (QED) is 0.790. The fourth-order valence-corrected chi connectivity index (χ4v) is 3.14. The molecule has 0 aromatic heterocycles. The summed E-state index contributed by atoms with van der Waals surface area (Å²) < 4.78 is 0. The number of nitrogens with zero attached hydrogens (tertiary/aromatic N) is 1. The Balaban J connectivity index is 2.58. The van der Waals surface area contributed by atoms with E-state index >= 15 is 0 Å². The molecular formula is C14H26N2O3S. The fraction of sp³-hybridized carbons (Fsp3) is 0.857. The Bertz CT molecular complexity index is 338. The zero-order valence-corrected chi connectivity index (χ0v) is 13.4. The number of aliphatic carboxylic acids is 1. The van der Waals surface area contributed by atoms with Gasteiger partial charge in [-0.25, -0.2) is 9.59 Å². The van der Waals surface area contributed by atoms with Crippen LogP contribution in [0.3, 0.4) is 0 Å². The van der Waals surface area contributed by atoms with E-state index in [9.17, 15) is 14.7 Å². The van der Waals surface area contributed by atoms with Gasteiger partial charge in [0.1, 0.15) is 6.04 Å². The summed E-state index contributed by atoms with van der Waals surface area (Å²) in [4.78, 5) is 25.1. The molecule has 1 aliphatic heterocycles. The van der Waals surface area contributed by atoms with E-state index in [0.29, 0.717) is 18.9 Å². The summed E-state index contributed by atoms with van der Waals surface area (Å²) in [6, 6.07) is -0.838. The van der Waals surface area contributed by atoms with Crippen LogP contribution >= 0.6 is 11.8 Å². The molecule has 0 bridgehead atoms. The fourth-order valence-electron chi connectivity index (χ4n) is 2.55. The van der Waals surface area contributed by atoms with Crippen LogP contribution in [0.25, 0.3) is 0 Å². The summed E-state index contributed by atoms with van der Waals surface area (Å²) in [6.45, 7) is 4.57. The van der Waals surface area contributed by atoms with Gasteiger partial charge < -0.3 is 15.3 Å². The molecule has 1 aliphatic rings. The molecule has 0 aromatic carbocycles. The molecule has 116 valence electrons. The van der Waals surface area contributed by atoms with E-state index < -0.39 is 12.0 Å². The Hall–Kier alpha value is -0.910. The van der Waals surface area contributed by atoms with Gasteiger partial charge in [-0.3, -0.25) is 0 Å². The first kappa shape index (κ1) is 17.1. The standard InChI is InChI=1S/C14H26N2O3S/c1-4-11-5-7-16(12(9-11)13(17)18)14(19)15-10(2)6-8-20-3/h10-12H,4-9H2,1-3H3,(H,15,19)(H,17,18). The largest absolute Gasteiger partial charge is 0.480 e.